The molecule has 2 aromatic heterocycles. The van der Waals surface area contributed by atoms with E-state index in [1.807, 2.05) is 42.7 Å². The molecular weight excluding hydrogens is 476 g/mol. The molecule has 1 aromatic carbocycles. The van der Waals surface area contributed by atoms with Crippen molar-refractivity contribution < 1.29 is 4.79 Å². The second-order valence-electron chi connectivity index (χ2n) is 9.00. The van der Waals surface area contributed by atoms with Gasteiger partial charge in [-0.05, 0) is 43.0 Å². The fraction of sp³-hybridized carbons (Fsp3) is 0.333. The fourth-order valence-corrected chi connectivity index (χ4v) is 4.60. The molecule has 0 spiro atoms. The SMILES string of the molecule is C=CC(=O)N1CCCC(Nc2c(CCC)cnc(N)c2C(=N)c2ccc(-n3ccc(=O)cc3)cc2)C1.CC. The first-order valence-corrected chi connectivity index (χ1v) is 13.2. The van der Waals surface area contributed by atoms with Gasteiger partial charge in [-0.3, -0.25) is 15.0 Å². The number of aryl methyl sites for hydroxylation is 1. The van der Waals surface area contributed by atoms with Crippen molar-refractivity contribution in [3.8, 4) is 5.69 Å². The number of likely N-dealkylation sites (tertiary alicyclic amines) is 1. The number of nitrogen functional groups attached to an aromatic ring is 1. The molecule has 0 aliphatic carbocycles. The first-order chi connectivity index (χ1) is 18.4. The van der Waals surface area contributed by atoms with Gasteiger partial charge in [-0.15, -0.1) is 0 Å². The first kappa shape index (κ1) is 28.4. The van der Waals surface area contributed by atoms with E-state index in [2.05, 4.69) is 23.8 Å². The van der Waals surface area contributed by atoms with E-state index < -0.39 is 0 Å². The molecule has 1 saturated heterocycles. The lowest BCUT2D eigenvalue weighted by Crippen LogP contribution is -2.44. The Labute approximate surface area is 224 Å². The maximum atomic E-state index is 12.2. The summed E-state index contributed by atoms with van der Waals surface area (Å²) in [6.07, 6.45) is 10.1. The lowest BCUT2D eigenvalue weighted by Gasteiger charge is -2.34. The van der Waals surface area contributed by atoms with E-state index in [0.29, 0.717) is 30.0 Å². The molecule has 38 heavy (non-hydrogen) atoms. The summed E-state index contributed by atoms with van der Waals surface area (Å²) >= 11 is 0. The Kier molecular flexibility index (Phi) is 9.99. The molecule has 8 heteroatoms. The zero-order chi connectivity index (χ0) is 27.7. The van der Waals surface area contributed by atoms with E-state index in [4.69, 9.17) is 11.1 Å². The number of piperidine rings is 1. The molecule has 0 saturated carbocycles. The minimum atomic E-state index is -0.0691. The first-order valence-electron chi connectivity index (χ1n) is 13.2. The van der Waals surface area contributed by atoms with Gasteiger partial charge in [0.05, 0.1) is 17.0 Å². The quantitative estimate of drug-likeness (QED) is 0.295. The van der Waals surface area contributed by atoms with Crippen LogP contribution in [0, 0.1) is 5.41 Å². The molecule has 3 heterocycles. The van der Waals surface area contributed by atoms with Crippen molar-refractivity contribution >= 4 is 23.1 Å². The standard InChI is InChI=1S/C28H32N6O2.C2H6/c1-3-6-20-17-31-28(30)25(27(20)32-21-7-5-14-34(18-21)24(36)4-2)26(29)19-8-10-22(11-9-19)33-15-12-23(35)13-16-33;1-2/h4,8-13,15-17,21,29H,2-3,5-7,14,18H2,1H3,(H3,30,31,32);1-2H3. The number of rotatable bonds is 8. The molecule has 0 bridgehead atoms. The molecule has 4 rings (SSSR count). The molecule has 3 aromatic rings. The zero-order valence-corrected chi connectivity index (χ0v) is 22.5. The molecule has 1 unspecified atom stereocenters. The third kappa shape index (κ3) is 6.56. The van der Waals surface area contributed by atoms with Crippen LogP contribution in [0.2, 0.25) is 0 Å². The summed E-state index contributed by atoms with van der Waals surface area (Å²) in [5, 5.41) is 12.7. The van der Waals surface area contributed by atoms with Gasteiger partial charge in [-0.1, -0.05) is 45.9 Å². The second kappa shape index (κ2) is 13.4. The van der Waals surface area contributed by atoms with Crippen molar-refractivity contribution in [2.75, 3.05) is 24.1 Å². The van der Waals surface area contributed by atoms with Crippen molar-refractivity contribution in [2.45, 2.75) is 52.5 Å². The van der Waals surface area contributed by atoms with Crippen LogP contribution in [0.15, 0.2) is 72.4 Å². The third-order valence-electron chi connectivity index (χ3n) is 6.47. The number of hydrogen-bond donors (Lipinski definition) is 3. The third-order valence-corrected chi connectivity index (χ3v) is 6.47. The van der Waals surface area contributed by atoms with Crippen molar-refractivity contribution in [2.24, 2.45) is 0 Å². The number of anilines is 2. The maximum absolute atomic E-state index is 12.2. The van der Waals surface area contributed by atoms with Gasteiger partial charge in [0.15, 0.2) is 5.43 Å². The summed E-state index contributed by atoms with van der Waals surface area (Å²) in [4.78, 5) is 29.8. The van der Waals surface area contributed by atoms with E-state index in [-0.39, 0.29) is 23.1 Å². The summed E-state index contributed by atoms with van der Waals surface area (Å²) in [7, 11) is 0. The number of pyridine rings is 2. The van der Waals surface area contributed by atoms with Crippen LogP contribution in [0.3, 0.4) is 0 Å². The van der Waals surface area contributed by atoms with E-state index >= 15 is 0 Å². The molecule has 8 nitrogen and oxygen atoms in total. The van der Waals surface area contributed by atoms with Crippen molar-refractivity contribution in [1.29, 1.82) is 5.41 Å². The maximum Gasteiger partial charge on any atom is 0.246 e. The van der Waals surface area contributed by atoms with Crippen molar-refractivity contribution in [1.82, 2.24) is 14.5 Å². The highest BCUT2D eigenvalue weighted by molar-refractivity contribution is 6.17. The molecule has 4 N–H and O–H groups in total. The minimum absolute atomic E-state index is 0.0365. The van der Waals surface area contributed by atoms with Crippen LogP contribution in [-0.4, -0.2) is 45.2 Å². The Bertz CT molecular complexity index is 1310. The van der Waals surface area contributed by atoms with Gasteiger partial charge < -0.3 is 20.5 Å². The zero-order valence-electron chi connectivity index (χ0n) is 22.5. The molecule has 200 valence electrons. The highest BCUT2D eigenvalue weighted by Crippen LogP contribution is 2.31. The Morgan fingerprint density at radius 1 is 1.21 bits per heavy atom. The number of carbonyl (C=O) groups is 1. The molecule has 1 aliphatic heterocycles. The number of amides is 1. The van der Waals surface area contributed by atoms with Gasteiger partial charge in [0, 0.05) is 61.1 Å². The number of nitrogens with zero attached hydrogens (tertiary/aromatic N) is 3. The minimum Gasteiger partial charge on any atom is -0.383 e. The summed E-state index contributed by atoms with van der Waals surface area (Å²) < 4.78 is 1.85. The van der Waals surface area contributed by atoms with E-state index in [0.717, 1.165) is 42.6 Å². The average molecular weight is 515 g/mol. The van der Waals surface area contributed by atoms with Crippen LogP contribution in [0.25, 0.3) is 5.69 Å². The Morgan fingerprint density at radius 2 is 1.89 bits per heavy atom. The van der Waals surface area contributed by atoms with Gasteiger partial charge >= 0.3 is 0 Å². The van der Waals surface area contributed by atoms with Crippen LogP contribution < -0.4 is 16.5 Å². The summed E-state index contributed by atoms with van der Waals surface area (Å²) in [5.41, 5.74) is 10.6. The van der Waals surface area contributed by atoms with E-state index in [1.165, 1.54) is 18.2 Å². The predicted octanol–water partition coefficient (Wildman–Crippen LogP) is 4.80. The Morgan fingerprint density at radius 3 is 2.53 bits per heavy atom. The van der Waals surface area contributed by atoms with Gasteiger partial charge in [0.25, 0.3) is 0 Å². The number of nitrogens with two attached hydrogens (primary N) is 1. The number of hydrogen-bond acceptors (Lipinski definition) is 6. The van der Waals surface area contributed by atoms with Gasteiger partial charge in [-0.2, -0.15) is 0 Å². The lowest BCUT2D eigenvalue weighted by molar-refractivity contribution is -0.127. The molecular formula is C30H38N6O2. The Hall–Kier alpha value is -4.20. The smallest absolute Gasteiger partial charge is 0.246 e. The van der Waals surface area contributed by atoms with Crippen LogP contribution in [0.1, 0.15) is 56.7 Å². The normalized spacial score (nSPS) is 14.7. The topological polar surface area (TPSA) is 117 Å². The van der Waals surface area contributed by atoms with Crippen molar-refractivity contribution in [3.05, 3.63) is 94.6 Å². The predicted molar refractivity (Wildman–Crippen MR) is 155 cm³/mol. The molecule has 1 fully saturated rings. The van der Waals surface area contributed by atoms with Crippen LogP contribution in [0.5, 0.6) is 0 Å². The van der Waals surface area contributed by atoms with Crippen LogP contribution >= 0.6 is 0 Å². The van der Waals surface area contributed by atoms with Gasteiger partial charge in [-0.25, -0.2) is 4.98 Å². The summed E-state index contributed by atoms with van der Waals surface area (Å²) in [6, 6.07) is 10.6. The second-order valence-corrected chi connectivity index (χ2v) is 9.00. The number of carbonyl (C=O) groups excluding carboxylic acids is 1. The molecule has 0 radical (unpaired) electrons. The highest BCUT2D eigenvalue weighted by atomic mass is 16.2. The van der Waals surface area contributed by atoms with Gasteiger partial charge in [0.1, 0.15) is 5.82 Å². The number of aromatic nitrogens is 2. The number of benzene rings is 1. The van der Waals surface area contributed by atoms with Crippen LogP contribution in [0.4, 0.5) is 11.5 Å². The lowest BCUT2D eigenvalue weighted by atomic mass is 9.96. The fourth-order valence-electron chi connectivity index (χ4n) is 4.60. The van der Waals surface area contributed by atoms with Crippen LogP contribution in [-0.2, 0) is 11.2 Å². The molecule has 1 amide bonds. The molecule has 1 atom stereocenters. The largest absolute Gasteiger partial charge is 0.383 e. The van der Waals surface area contributed by atoms with Crippen molar-refractivity contribution in [3.63, 3.8) is 0 Å². The van der Waals surface area contributed by atoms with E-state index in [1.54, 1.807) is 23.5 Å². The highest BCUT2D eigenvalue weighted by Gasteiger charge is 2.25. The average Bonchev–Trinajstić information content (AvgIpc) is 2.95. The summed E-state index contributed by atoms with van der Waals surface area (Å²) in [5.74, 6) is 0.224. The van der Waals surface area contributed by atoms with E-state index in [9.17, 15) is 9.59 Å². The monoisotopic (exact) mass is 514 g/mol. The molecule has 1 aliphatic rings. The Balaban J connectivity index is 0.00000195. The summed E-state index contributed by atoms with van der Waals surface area (Å²) in [6.45, 7) is 11.0. The number of nitrogens with one attached hydrogen (secondary N) is 2. The van der Waals surface area contributed by atoms with Gasteiger partial charge in [0.2, 0.25) is 5.91 Å².